The Hall–Kier alpha value is -4.07. The zero-order chi connectivity index (χ0) is 22.9. The third-order valence-corrected chi connectivity index (χ3v) is 8.53. The number of hydrogen-bond acceptors (Lipinski definition) is 1. The average molecular weight is 465 g/mol. The van der Waals surface area contributed by atoms with Crippen molar-refractivity contribution >= 4 is 44.3 Å². The lowest BCUT2D eigenvalue weighted by Gasteiger charge is -2.32. The van der Waals surface area contributed by atoms with Crippen molar-refractivity contribution in [1.82, 2.24) is 0 Å². The molecule has 2 heterocycles. The summed E-state index contributed by atoms with van der Waals surface area (Å²) in [4.78, 5) is 0. The smallest absolute Gasteiger partial charge is 0.135 e. The molecule has 0 fully saturated rings. The Kier molecular flexibility index (Phi) is 3.10. The zero-order valence-electron chi connectivity index (χ0n) is 18.6. The standard InChI is InChI=1S/C33H17ClO/c34-19-11-9-18-10-12-22-23-13-14-24-28-15-16-29(35-28)30(24)32(23)33(31(22)25(18)17-19)26-7-3-1-5-20(26)21-6-2-4-8-27(21)33/h1-17H. The molecule has 2 aliphatic rings. The van der Waals surface area contributed by atoms with Crippen LogP contribution < -0.4 is 0 Å². The van der Waals surface area contributed by atoms with Crippen LogP contribution in [0, 0.1) is 0 Å². The molecule has 0 N–H and O–H groups in total. The molecular formula is C33H17ClO. The summed E-state index contributed by atoms with van der Waals surface area (Å²) in [5, 5.41) is 5.61. The van der Waals surface area contributed by atoms with Gasteiger partial charge in [-0.25, -0.2) is 0 Å². The van der Waals surface area contributed by atoms with Gasteiger partial charge in [0.25, 0.3) is 0 Å². The Bertz CT molecular complexity index is 1980. The van der Waals surface area contributed by atoms with Crippen LogP contribution in [0.4, 0.5) is 0 Å². The second-order valence-electron chi connectivity index (χ2n) is 9.77. The lowest BCUT2D eigenvalue weighted by Crippen LogP contribution is -2.26. The van der Waals surface area contributed by atoms with Crippen molar-refractivity contribution in [3.63, 3.8) is 0 Å². The van der Waals surface area contributed by atoms with E-state index in [4.69, 9.17) is 16.0 Å². The number of benzene rings is 6. The maximum Gasteiger partial charge on any atom is 0.135 e. The van der Waals surface area contributed by atoms with Gasteiger partial charge in [0.05, 0.1) is 5.41 Å². The van der Waals surface area contributed by atoms with E-state index in [2.05, 4.69) is 97.1 Å². The highest BCUT2D eigenvalue weighted by atomic mass is 35.5. The predicted molar refractivity (Wildman–Crippen MR) is 144 cm³/mol. The largest absolute Gasteiger partial charge is 0.456 e. The van der Waals surface area contributed by atoms with E-state index in [9.17, 15) is 0 Å². The third kappa shape index (κ3) is 1.93. The van der Waals surface area contributed by atoms with Crippen LogP contribution in [0.25, 0.3) is 55.0 Å². The van der Waals surface area contributed by atoms with Gasteiger partial charge in [0.1, 0.15) is 11.2 Å². The zero-order valence-corrected chi connectivity index (χ0v) is 19.4. The lowest BCUT2D eigenvalue weighted by atomic mass is 9.68. The summed E-state index contributed by atoms with van der Waals surface area (Å²) in [5.74, 6) is 0. The van der Waals surface area contributed by atoms with Crippen molar-refractivity contribution in [3.8, 4) is 22.3 Å². The van der Waals surface area contributed by atoms with Crippen molar-refractivity contribution in [3.05, 3.63) is 130 Å². The Morgan fingerprint density at radius 2 is 1.20 bits per heavy atom. The predicted octanol–water partition coefficient (Wildman–Crippen LogP) is 9.17. The Morgan fingerprint density at radius 3 is 2.00 bits per heavy atom. The molecule has 0 amide bonds. The van der Waals surface area contributed by atoms with Gasteiger partial charge >= 0.3 is 0 Å². The van der Waals surface area contributed by atoms with Gasteiger partial charge < -0.3 is 4.42 Å². The fourth-order valence-electron chi connectivity index (χ4n) is 7.11. The first-order valence-corrected chi connectivity index (χ1v) is 12.3. The van der Waals surface area contributed by atoms with E-state index in [0.717, 1.165) is 16.2 Å². The van der Waals surface area contributed by atoms with Gasteiger partial charge in [0, 0.05) is 15.8 Å². The molecule has 1 spiro atoms. The molecule has 0 radical (unpaired) electrons. The number of halogens is 1. The van der Waals surface area contributed by atoms with Gasteiger partial charge in [-0.05, 0) is 85.6 Å². The minimum atomic E-state index is -0.442. The van der Waals surface area contributed by atoms with E-state index in [1.165, 1.54) is 66.1 Å². The van der Waals surface area contributed by atoms with E-state index in [0.29, 0.717) is 0 Å². The molecule has 5 aromatic carbocycles. The molecule has 7 aromatic rings. The SMILES string of the molecule is Clc1ccc2ccc3c(c2c1)C1(c2ccccc2-c2ccccc21)c1c-3ccc2c3ccc(o3)c12. The normalized spacial score (nSPS) is 14.7. The molecule has 0 atom stereocenters. The van der Waals surface area contributed by atoms with Crippen molar-refractivity contribution in [2.24, 2.45) is 0 Å². The first kappa shape index (κ1) is 18.3. The molecule has 0 unspecified atom stereocenters. The third-order valence-electron chi connectivity index (χ3n) is 8.30. The van der Waals surface area contributed by atoms with Crippen LogP contribution in [0.3, 0.4) is 0 Å². The van der Waals surface area contributed by atoms with E-state index in [1.54, 1.807) is 0 Å². The summed E-state index contributed by atoms with van der Waals surface area (Å²) in [6.45, 7) is 0. The molecular weight excluding hydrogens is 448 g/mol. The van der Waals surface area contributed by atoms with Crippen LogP contribution in [0.5, 0.6) is 0 Å². The summed E-state index contributed by atoms with van der Waals surface area (Å²) in [5.41, 5.74) is 12.0. The lowest BCUT2D eigenvalue weighted by molar-refractivity contribution is 0.678. The van der Waals surface area contributed by atoms with E-state index in [-0.39, 0.29) is 0 Å². The number of hydrogen-bond donors (Lipinski definition) is 0. The summed E-state index contributed by atoms with van der Waals surface area (Å²) < 4.78 is 6.25. The first-order chi connectivity index (χ1) is 17.3. The second kappa shape index (κ2) is 5.94. The maximum atomic E-state index is 6.64. The van der Waals surface area contributed by atoms with E-state index in [1.807, 2.05) is 6.07 Å². The topological polar surface area (TPSA) is 13.1 Å². The van der Waals surface area contributed by atoms with Gasteiger partial charge in [0.2, 0.25) is 0 Å². The van der Waals surface area contributed by atoms with Gasteiger partial charge in [-0.15, -0.1) is 0 Å². The van der Waals surface area contributed by atoms with E-state index >= 15 is 0 Å². The highest BCUT2D eigenvalue weighted by molar-refractivity contribution is 6.31. The highest BCUT2D eigenvalue weighted by Crippen LogP contribution is 2.66. The minimum absolute atomic E-state index is 0.442. The fourth-order valence-corrected chi connectivity index (χ4v) is 7.29. The minimum Gasteiger partial charge on any atom is -0.456 e. The summed E-state index contributed by atoms with van der Waals surface area (Å²) in [7, 11) is 0. The van der Waals surface area contributed by atoms with Gasteiger partial charge in [-0.3, -0.25) is 0 Å². The van der Waals surface area contributed by atoms with Gasteiger partial charge in [-0.2, -0.15) is 0 Å². The summed E-state index contributed by atoms with van der Waals surface area (Å²) in [6.07, 6.45) is 0. The summed E-state index contributed by atoms with van der Waals surface area (Å²) >= 11 is 6.64. The van der Waals surface area contributed by atoms with E-state index < -0.39 is 5.41 Å². The molecule has 2 aromatic heterocycles. The van der Waals surface area contributed by atoms with Crippen LogP contribution in [0.2, 0.25) is 5.02 Å². The fraction of sp³-hybridized carbons (Fsp3) is 0.0303. The second-order valence-corrected chi connectivity index (χ2v) is 10.2. The maximum absolute atomic E-state index is 6.64. The quantitative estimate of drug-likeness (QED) is 0.218. The summed E-state index contributed by atoms with van der Waals surface area (Å²) in [6, 6.07) is 37.4. The average Bonchev–Trinajstić information content (AvgIpc) is 3.65. The molecule has 2 heteroatoms. The molecule has 2 bridgehead atoms. The monoisotopic (exact) mass is 464 g/mol. The Morgan fingerprint density at radius 1 is 0.543 bits per heavy atom. The van der Waals surface area contributed by atoms with Crippen molar-refractivity contribution < 1.29 is 4.42 Å². The van der Waals surface area contributed by atoms with Crippen LogP contribution in [-0.4, -0.2) is 0 Å². The van der Waals surface area contributed by atoms with Crippen LogP contribution in [0.15, 0.2) is 108 Å². The molecule has 35 heavy (non-hydrogen) atoms. The number of furan rings is 2. The molecule has 0 aliphatic heterocycles. The number of fused-ring (bicyclic) bond motifs is 18. The number of rotatable bonds is 0. The Balaban J connectivity index is 1.62. The molecule has 2 aliphatic carbocycles. The van der Waals surface area contributed by atoms with Gasteiger partial charge in [0.15, 0.2) is 0 Å². The van der Waals surface area contributed by atoms with Crippen molar-refractivity contribution in [2.75, 3.05) is 0 Å². The highest BCUT2D eigenvalue weighted by Gasteiger charge is 2.53. The Labute approximate surface area is 206 Å². The molecule has 0 saturated heterocycles. The molecule has 162 valence electrons. The van der Waals surface area contributed by atoms with Crippen LogP contribution in [0.1, 0.15) is 22.3 Å². The molecule has 0 saturated carbocycles. The molecule has 9 rings (SSSR count). The van der Waals surface area contributed by atoms with Gasteiger partial charge in [-0.1, -0.05) is 84.4 Å². The first-order valence-electron chi connectivity index (χ1n) is 12.0. The van der Waals surface area contributed by atoms with Crippen LogP contribution in [-0.2, 0) is 5.41 Å². The van der Waals surface area contributed by atoms with Crippen LogP contribution >= 0.6 is 11.6 Å². The molecule has 1 nitrogen and oxygen atoms in total. The van der Waals surface area contributed by atoms with Crippen molar-refractivity contribution in [2.45, 2.75) is 5.41 Å². The van der Waals surface area contributed by atoms with Crippen molar-refractivity contribution in [1.29, 1.82) is 0 Å².